The maximum absolute atomic E-state index is 12.0. The number of benzene rings is 1. The number of amides is 1. The molecule has 19 heavy (non-hydrogen) atoms. The molecule has 104 valence electrons. The Bertz CT molecular complexity index is 435. The number of nitrogens with one attached hydrogen (secondary N) is 1. The van der Waals surface area contributed by atoms with Crippen LogP contribution in [-0.4, -0.2) is 27.8 Å². The lowest BCUT2D eigenvalue weighted by atomic mass is 10.00. The van der Waals surface area contributed by atoms with Crippen LogP contribution in [0.5, 0.6) is 5.75 Å². The van der Waals surface area contributed by atoms with E-state index in [1.54, 1.807) is 12.1 Å². The average Bonchev–Trinajstić information content (AvgIpc) is 2.80. The monoisotopic (exact) mass is 263 g/mol. The number of carbonyl (C=O) groups is 1. The third kappa shape index (κ3) is 3.47. The van der Waals surface area contributed by atoms with Gasteiger partial charge in [-0.15, -0.1) is 0 Å². The molecule has 1 atom stereocenters. The highest BCUT2D eigenvalue weighted by molar-refractivity contribution is 5.85. The van der Waals surface area contributed by atoms with Crippen LogP contribution < -0.4 is 5.32 Å². The van der Waals surface area contributed by atoms with E-state index in [4.69, 9.17) is 0 Å². The number of hydrogen-bond donors (Lipinski definition) is 3. The molecule has 1 saturated carbocycles. The summed E-state index contributed by atoms with van der Waals surface area (Å²) in [7, 11) is 0. The quantitative estimate of drug-likeness (QED) is 0.775. The van der Waals surface area contributed by atoms with E-state index in [-0.39, 0.29) is 17.7 Å². The molecule has 2 rings (SSSR count). The molecule has 0 bridgehead atoms. The minimum atomic E-state index is -1.16. The maximum Gasteiger partial charge on any atom is 0.252 e. The highest BCUT2D eigenvalue weighted by Crippen LogP contribution is 2.29. The van der Waals surface area contributed by atoms with Gasteiger partial charge in [-0.2, -0.15) is 0 Å². The summed E-state index contributed by atoms with van der Waals surface area (Å²) >= 11 is 0. The summed E-state index contributed by atoms with van der Waals surface area (Å²) < 4.78 is 0. The molecule has 1 amide bonds. The summed E-state index contributed by atoms with van der Waals surface area (Å²) in [4.78, 5) is 12.0. The van der Waals surface area contributed by atoms with Gasteiger partial charge in [-0.05, 0) is 56.7 Å². The number of rotatable bonds is 4. The lowest BCUT2D eigenvalue weighted by molar-refractivity contribution is -0.139. The molecule has 1 fully saturated rings. The highest BCUT2D eigenvalue weighted by Gasteiger charge is 2.39. The van der Waals surface area contributed by atoms with Crippen LogP contribution in [0.15, 0.2) is 24.3 Å². The van der Waals surface area contributed by atoms with Crippen molar-refractivity contribution in [1.82, 2.24) is 5.32 Å². The number of phenols is 1. The summed E-state index contributed by atoms with van der Waals surface area (Å²) in [5.41, 5.74) is -0.118. The lowest BCUT2D eigenvalue weighted by Crippen LogP contribution is -2.48. The molecule has 0 saturated heterocycles. The first kappa shape index (κ1) is 13.9. The predicted octanol–water partition coefficient (Wildman–Crippen LogP) is 1.74. The first-order chi connectivity index (χ1) is 8.99. The molecule has 0 heterocycles. The molecule has 1 aromatic rings. The molecule has 0 aliphatic heterocycles. The molecule has 1 aromatic carbocycles. The molecule has 1 aliphatic rings. The predicted molar refractivity (Wildman–Crippen MR) is 72.8 cm³/mol. The SMILES string of the molecule is CC(Cc1ccc(O)cc1)NC(=O)C1(O)CCCC1. The Balaban J connectivity index is 1.88. The van der Waals surface area contributed by atoms with Gasteiger partial charge in [0.05, 0.1) is 0 Å². The van der Waals surface area contributed by atoms with Crippen LogP contribution in [0.1, 0.15) is 38.2 Å². The van der Waals surface area contributed by atoms with Gasteiger partial charge in [0.25, 0.3) is 5.91 Å². The van der Waals surface area contributed by atoms with Gasteiger partial charge in [-0.25, -0.2) is 0 Å². The Labute approximate surface area is 113 Å². The summed E-state index contributed by atoms with van der Waals surface area (Å²) in [6.45, 7) is 1.92. The van der Waals surface area contributed by atoms with Crippen molar-refractivity contribution in [3.8, 4) is 5.75 Å². The fourth-order valence-corrected chi connectivity index (χ4v) is 2.58. The zero-order valence-electron chi connectivity index (χ0n) is 11.2. The van der Waals surface area contributed by atoms with E-state index in [2.05, 4.69) is 5.32 Å². The van der Waals surface area contributed by atoms with Gasteiger partial charge in [0.2, 0.25) is 0 Å². The van der Waals surface area contributed by atoms with Crippen LogP contribution in [0.4, 0.5) is 0 Å². The number of aliphatic hydroxyl groups is 1. The number of hydrogen-bond acceptors (Lipinski definition) is 3. The molecule has 0 aromatic heterocycles. The number of aromatic hydroxyl groups is 1. The topological polar surface area (TPSA) is 69.6 Å². The molecule has 4 nitrogen and oxygen atoms in total. The second kappa shape index (κ2) is 5.61. The van der Waals surface area contributed by atoms with Gasteiger partial charge >= 0.3 is 0 Å². The normalized spacial score (nSPS) is 19.1. The van der Waals surface area contributed by atoms with Crippen molar-refractivity contribution < 1.29 is 15.0 Å². The number of phenolic OH excluding ortho intramolecular Hbond substituents is 1. The molecular weight excluding hydrogens is 242 g/mol. The van der Waals surface area contributed by atoms with E-state index < -0.39 is 5.60 Å². The molecule has 1 aliphatic carbocycles. The second-order valence-corrected chi connectivity index (χ2v) is 5.48. The van der Waals surface area contributed by atoms with E-state index in [9.17, 15) is 15.0 Å². The lowest BCUT2D eigenvalue weighted by Gasteiger charge is -2.24. The fraction of sp³-hybridized carbons (Fsp3) is 0.533. The fourth-order valence-electron chi connectivity index (χ4n) is 2.58. The smallest absolute Gasteiger partial charge is 0.252 e. The first-order valence-corrected chi connectivity index (χ1v) is 6.81. The van der Waals surface area contributed by atoms with E-state index in [1.165, 1.54) is 0 Å². The summed E-state index contributed by atoms with van der Waals surface area (Å²) in [6, 6.07) is 6.90. The Morgan fingerprint density at radius 3 is 2.47 bits per heavy atom. The molecule has 0 spiro atoms. The first-order valence-electron chi connectivity index (χ1n) is 6.81. The maximum atomic E-state index is 12.0. The third-order valence-corrected chi connectivity index (χ3v) is 3.71. The van der Waals surface area contributed by atoms with Gasteiger partial charge in [0.1, 0.15) is 11.4 Å². The minimum Gasteiger partial charge on any atom is -0.508 e. The molecule has 0 radical (unpaired) electrons. The van der Waals surface area contributed by atoms with Crippen molar-refractivity contribution >= 4 is 5.91 Å². The Morgan fingerprint density at radius 2 is 1.89 bits per heavy atom. The van der Waals surface area contributed by atoms with Gasteiger partial charge in [0.15, 0.2) is 0 Å². The van der Waals surface area contributed by atoms with E-state index in [0.29, 0.717) is 19.3 Å². The van der Waals surface area contributed by atoms with Crippen LogP contribution in [0.2, 0.25) is 0 Å². The average molecular weight is 263 g/mol. The van der Waals surface area contributed by atoms with Crippen LogP contribution >= 0.6 is 0 Å². The van der Waals surface area contributed by atoms with E-state index in [1.807, 2.05) is 19.1 Å². The van der Waals surface area contributed by atoms with Crippen LogP contribution in [0, 0.1) is 0 Å². The Hall–Kier alpha value is -1.55. The standard InChI is InChI=1S/C15H21NO3/c1-11(10-12-4-6-13(17)7-5-12)16-14(18)15(19)8-2-3-9-15/h4-7,11,17,19H,2-3,8-10H2,1H3,(H,16,18). The molecule has 1 unspecified atom stereocenters. The largest absolute Gasteiger partial charge is 0.508 e. The van der Waals surface area contributed by atoms with Crippen molar-refractivity contribution in [3.05, 3.63) is 29.8 Å². The van der Waals surface area contributed by atoms with Crippen LogP contribution in [0.25, 0.3) is 0 Å². The van der Waals surface area contributed by atoms with Crippen LogP contribution in [-0.2, 0) is 11.2 Å². The van der Waals surface area contributed by atoms with Crippen molar-refractivity contribution in [2.75, 3.05) is 0 Å². The zero-order chi connectivity index (χ0) is 13.9. The van der Waals surface area contributed by atoms with E-state index in [0.717, 1.165) is 18.4 Å². The minimum absolute atomic E-state index is 0.0401. The van der Waals surface area contributed by atoms with Crippen molar-refractivity contribution in [2.45, 2.75) is 50.7 Å². The van der Waals surface area contributed by atoms with Crippen molar-refractivity contribution in [1.29, 1.82) is 0 Å². The number of carbonyl (C=O) groups excluding carboxylic acids is 1. The van der Waals surface area contributed by atoms with Gasteiger partial charge in [-0.1, -0.05) is 12.1 Å². The van der Waals surface area contributed by atoms with Crippen LogP contribution in [0.3, 0.4) is 0 Å². The van der Waals surface area contributed by atoms with E-state index >= 15 is 0 Å². The van der Waals surface area contributed by atoms with Crippen molar-refractivity contribution in [2.24, 2.45) is 0 Å². The van der Waals surface area contributed by atoms with Crippen molar-refractivity contribution in [3.63, 3.8) is 0 Å². The summed E-state index contributed by atoms with van der Waals surface area (Å²) in [5.74, 6) is -0.0167. The summed E-state index contributed by atoms with van der Waals surface area (Å²) in [6.07, 6.45) is 3.63. The van der Waals surface area contributed by atoms with Gasteiger partial charge in [-0.3, -0.25) is 4.79 Å². The molecule has 4 heteroatoms. The second-order valence-electron chi connectivity index (χ2n) is 5.48. The summed E-state index contributed by atoms with van der Waals surface area (Å²) in [5, 5.41) is 22.3. The van der Waals surface area contributed by atoms with Gasteiger partial charge in [0, 0.05) is 6.04 Å². The third-order valence-electron chi connectivity index (χ3n) is 3.71. The Morgan fingerprint density at radius 1 is 1.32 bits per heavy atom. The van der Waals surface area contributed by atoms with Gasteiger partial charge < -0.3 is 15.5 Å². The molecular formula is C15H21NO3. The zero-order valence-corrected chi connectivity index (χ0v) is 11.2. The Kier molecular flexibility index (Phi) is 4.10. The highest BCUT2D eigenvalue weighted by atomic mass is 16.3. The molecule has 3 N–H and O–H groups in total.